The van der Waals surface area contributed by atoms with Gasteiger partial charge in [-0.3, -0.25) is 4.79 Å². The molecule has 0 saturated carbocycles. The number of carboxylic acids is 1. The Kier molecular flexibility index (Phi) is 8.64. The predicted octanol–water partition coefficient (Wildman–Crippen LogP) is 5.09. The van der Waals surface area contributed by atoms with E-state index in [1.165, 1.54) is 7.11 Å². The number of carbonyl (C=O) groups is 1. The minimum absolute atomic E-state index is 0.226. The van der Waals surface area contributed by atoms with Gasteiger partial charge in [0.25, 0.3) is 0 Å². The second kappa shape index (κ2) is 12.1. The number of nitrogens with zero attached hydrogens (tertiary/aromatic N) is 2. The molecule has 0 aliphatic rings. The van der Waals surface area contributed by atoms with Crippen LogP contribution in [0.5, 0.6) is 11.5 Å². The third kappa shape index (κ3) is 6.84. The predicted molar refractivity (Wildman–Crippen MR) is 128 cm³/mol. The van der Waals surface area contributed by atoms with Crippen molar-refractivity contribution in [2.24, 2.45) is 5.16 Å². The van der Waals surface area contributed by atoms with E-state index in [4.69, 9.17) is 19.4 Å². The number of nitriles is 1. The second-order valence-corrected chi connectivity index (χ2v) is 7.61. The molecule has 1 atom stereocenters. The molecule has 174 valence electrons. The fourth-order valence-electron chi connectivity index (χ4n) is 3.43. The van der Waals surface area contributed by atoms with Gasteiger partial charge in [0.15, 0.2) is 0 Å². The third-order valence-electron chi connectivity index (χ3n) is 5.16. The van der Waals surface area contributed by atoms with Crippen LogP contribution in [0.2, 0.25) is 0 Å². The molecule has 0 amide bonds. The molecule has 0 radical (unpaired) electrons. The summed E-state index contributed by atoms with van der Waals surface area (Å²) in [5, 5.41) is 22.3. The van der Waals surface area contributed by atoms with Crippen LogP contribution in [0.15, 0.2) is 78.0 Å². The van der Waals surface area contributed by atoms with Crippen LogP contribution < -0.4 is 9.47 Å². The van der Waals surface area contributed by atoms with Crippen LogP contribution in [0.4, 0.5) is 0 Å². The minimum Gasteiger partial charge on any atom is -0.489 e. The van der Waals surface area contributed by atoms with Crippen LogP contribution in [-0.4, -0.2) is 30.5 Å². The molecule has 0 aromatic heterocycles. The average molecular weight is 459 g/mol. The molecule has 3 aromatic rings. The molecular weight excluding hydrogens is 432 g/mol. The van der Waals surface area contributed by atoms with Gasteiger partial charge in [0.05, 0.1) is 18.4 Å². The van der Waals surface area contributed by atoms with E-state index in [1.54, 1.807) is 12.1 Å². The molecular formula is C27H26N2O5. The van der Waals surface area contributed by atoms with E-state index < -0.39 is 11.9 Å². The largest absolute Gasteiger partial charge is 0.489 e. The summed E-state index contributed by atoms with van der Waals surface area (Å²) < 4.78 is 11.7. The number of aliphatic carboxylic acids is 1. The molecule has 0 saturated heterocycles. The normalized spacial score (nSPS) is 11.9. The maximum atomic E-state index is 11.0. The molecule has 1 unspecified atom stereocenters. The minimum atomic E-state index is -0.999. The zero-order chi connectivity index (χ0) is 24.3. The maximum Gasteiger partial charge on any atom is 0.305 e. The van der Waals surface area contributed by atoms with Crippen molar-refractivity contribution in [1.82, 2.24) is 0 Å². The summed E-state index contributed by atoms with van der Waals surface area (Å²) in [7, 11) is 1.50. The number of aryl methyl sites for hydroxylation is 1. The van der Waals surface area contributed by atoms with Gasteiger partial charge in [-0.2, -0.15) is 5.26 Å². The summed E-state index contributed by atoms with van der Waals surface area (Å²) in [6, 6.07) is 24.7. The molecule has 0 spiro atoms. The molecule has 0 fully saturated rings. The summed E-state index contributed by atoms with van der Waals surface area (Å²) in [6.45, 7) is 2.47. The van der Waals surface area contributed by atoms with Gasteiger partial charge in [0, 0.05) is 5.56 Å². The number of rotatable bonds is 11. The first-order chi connectivity index (χ1) is 16.5. The fraction of sp³-hybridized carbons (Fsp3) is 0.222. The van der Waals surface area contributed by atoms with Gasteiger partial charge in [-0.1, -0.05) is 53.7 Å². The summed E-state index contributed by atoms with van der Waals surface area (Å²) in [5.74, 6) is -0.335. The molecule has 0 aliphatic heterocycles. The Morgan fingerprint density at radius 3 is 2.35 bits per heavy atom. The molecule has 34 heavy (non-hydrogen) atoms. The van der Waals surface area contributed by atoms with Crippen molar-refractivity contribution in [3.63, 3.8) is 0 Å². The SMILES string of the molecule is CO/N=C(\COc1ccc(COc2ccc(C(C#N)CC(=O)O)c(C)c2)cc1)c1ccccc1. The van der Waals surface area contributed by atoms with E-state index in [1.807, 2.05) is 67.6 Å². The second-order valence-electron chi connectivity index (χ2n) is 7.61. The Hall–Kier alpha value is -4.31. The lowest BCUT2D eigenvalue weighted by molar-refractivity contribution is -0.137. The van der Waals surface area contributed by atoms with Crippen molar-refractivity contribution in [3.05, 3.63) is 95.1 Å². The van der Waals surface area contributed by atoms with E-state index in [2.05, 4.69) is 11.2 Å². The molecule has 7 nitrogen and oxygen atoms in total. The zero-order valence-corrected chi connectivity index (χ0v) is 19.1. The van der Waals surface area contributed by atoms with Gasteiger partial charge in [-0.15, -0.1) is 0 Å². The van der Waals surface area contributed by atoms with Crippen molar-refractivity contribution >= 4 is 11.7 Å². The number of hydrogen-bond donors (Lipinski definition) is 1. The quantitative estimate of drug-likeness (QED) is 0.317. The number of hydrogen-bond acceptors (Lipinski definition) is 6. The summed E-state index contributed by atoms with van der Waals surface area (Å²) in [5.41, 5.74) is 4.10. The van der Waals surface area contributed by atoms with E-state index in [0.29, 0.717) is 29.4 Å². The van der Waals surface area contributed by atoms with Crippen LogP contribution in [0.1, 0.15) is 34.6 Å². The van der Waals surface area contributed by atoms with Crippen LogP contribution in [0, 0.1) is 18.3 Å². The first-order valence-electron chi connectivity index (χ1n) is 10.7. The highest BCUT2D eigenvalue weighted by Crippen LogP contribution is 2.26. The van der Waals surface area contributed by atoms with E-state index in [9.17, 15) is 10.1 Å². The third-order valence-corrected chi connectivity index (χ3v) is 5.16. The van der Waals surface area contributed by atoms with Crippen molar-refractivity contribution in [1.29, 1.82) is 5.26 Å². The Morgan fingerprint density at radius 1 is 1.03 bits per heavy atom. The van der Waals surface area contributed by atoms with Crippen molar-refractivity contribution in [3.8, 4) is 17.6 Å². The van der Waals surface area contributed by atoms with Crippen LogP contribution in [-0.2, 0) is 16.2 Å². The first-order valence-corrected chi connectivity index (χ1v) is 10.7. The topological polar surface area (TPSA) is 101 Å². The van der Waals surface area contributed by atoms with Crippen LogP contribution in [0.25, 0.3) is 0 Å². The van der Waals surface area contributed by atoms with E-state index in [-0.39, 0.29) is 13.0 Å². The van der Waals surface area contributed by atoms with Gasteiger partial charge >= 0.3 is 5.97 Å². The number of benzene rings is 3. The molecule has 1 N–H and O–H groups in total. The molecule has 0 bridgehead atoms. The smallest absolute Gasteiger partial charge is 0.305 e. The van der Waals surface area contributed by atoms with Gasteiger partial charge in [0.2, 0.25) is 0 Å². The Balaban J connectivity index is 1.57. The Bertz CT molecular complexity index is 1170. The van der Waals surface area contributed by atoms with Crippen molar-refractivity contribution in [2.45, 2.75) is 25.9 Å². The Morgan fingerprint density at radius 2 is 1.74 bits per heavy atom. The summed E-state index contributed by atoms with van der Waals surface area (Å²) >= 11 is 0. The highest BCUT2D eigenvalue weighted by Gasteiger charge is 2.17. The molecule has 3 rings (SSSR count). The lowest BCUT2D eigenvalue weighted by Crippen LogP contribution is -2.13. The molecule has 7 heteroatoms. The van der Waals surface area contributed by atoms with Crippen molar-refractivity contribution < 1.29 is 24.2 Å². The standard InChI is InChI=1S/C27H26N2O5/c1-19-14-24(12-13-25(19)22(16-28)15-27(30)31)33-17-20-8-10-23(11-9-20)34-18-26(29-32-2)21-6-4-3-5-7-21/h3-14,22H,15,17-18H2,1-2H3,(H,30,31)/b29-26+. The summed E-state index contributed by atoms with van der Waals surface area (Å²) in [4.78, 5) is 15.9. The van der Waals surface area contributed by atoms with Crippen molar-refractivity contribution in [2.75, 3.05) is 13.7 Å². The van der Waals surface area contributed by atoms with E-state index in [0.717, 1.165) is 16.7 Å². The molecule has 3 aromatic carbocycles. The van der Waals surface area contributed by atoms with Gasteiger partial charge in [-0.25, -0.2) is 0 Å². The van der Waals surface area contributed by atoms with Crippen LogP contribution >= 0.6 is 0 Å². The molecule has 0 aliphatic carbocycles. The fourth-order valence-corrected chi connectivity index (χ4v) is 3.43. The van der Waals surface area contributed by atoms with Crippen LogP contribution in [0.3, 0.4) is 0 Å². The highest BCUT2D eigenvalue weighted by atomic mass is 16.6. The van der Waals surface area contributed by atoms with Gasteiger partial charge in [0.1, 0.15) is 37.5 Å². The maximum absolute atomic E-state index is 11.0. The number of carboxylic acid groups (broad SMARTS) is 1. The average Bonchev–Trinajstić information content (AvgIpc) is 2.85. The monoisotopic (exact) mass is 458 g/mol. The number of ether oxygens (including phenoxy) is 2. The first kappa shape index (κ1) is 24.3. The highest BCUT2D eigenvalue weighted by molar-refractivity contribution is 6.01. The summed E-state index contributed by atoms with van der Waals surface area (Å²) in [6.07, 6.45) is -0.226. The van der Waals surface area contributed by atoms with Gasteiger partial charge in [-0.05, 0) is 47.9 Å². The Labute approximate surface area is 198 Å². The lowest BCUT2D eigenvalue weighted by Gasteiger charge is -2.13. The lowest BCUT2D eigenvalue weighted by atomic mass is 9.93. The van der Waals surface area contributed by atoms with Gasteiger partial charge < -0.3 is 19.4 Å². The van der Waals surface area contributed by atoms with E-state index >= 15 is 0 Å². The zero-order valence-electron chi connectivity index (χ0n) is 19.1. The number of oxime groups is 1. The molecule has 0 heterocycles.